The van der Waals surface area contributed by atoms with E-state index in [0.717, 1.165) is 18.4 Å². The van der Waals surface area contributed by atoms with Crippen LogP contribution in [0.4, 0.5) is 5.69 Å². The van der Waals surface area contributed by atoms with E-state index in [1.165, 1.54) is 0 Å². The average Bonchev–Trinajstić information content (AvgIpc) is 3.26. The van der Waals surface area contributed by atoms with Gasteiger partial charge >= 0.3 is 0 Å². The summed E-state index contributed by atoms with van der Waals surface area (Å²) in [4.78, 5) is 12.4. The first-order chi connectivity index (χ1) is 9.95. The molecule has 1 aliphatic rings. The van der Waals surface area contributed by atoms with Crippen molar-refractivity contribution in [2.75, 3.05) is 25.6 Å². The van der Waals surface area contributed by atoms with Gasteiger partial charge in [0.05, 0.1) is 17.8 Å². The lowest BCUT2D eigenvalue weighted by Gasteiger charge is -2.24. The highest BCUT2D eigenvalue weighted by Gasteiger charge is 2.44. The number of methoxy groups -OCH3 is 1. The Morgan fingerprint density at radius 1 is 1.43 bits per heavy atom. The van der Waals surface area contributed by atoms with Crippen LogP contribution in [0.5, 0.6) is 5.75 Å². The minimum Gasteiger partial charge on any atom is -0.489 e. The van der Waals surface area contributed by atoms with Crippen molar-refractivity contribution in [2.45, 2.75) is 32.2 Å². The summed E-state index contributed by atoms with van der Waals surface area (Å²) < 4.78 is 10.6. The van der Waals surface area contributed by atoms with Crippen LogP contribution in [0.3, 0.4) is 0 Å². The molecule has 116 valence electrons. The fraction of sp³-hybridized carbons (Fsp3) is 0.562. The fourth-order valence-corrected chi connectivity index (χ4v) is 2.21. The van der Waals surface area contributed by atoms with E-state index >= 15 is 0 Å². The highest BCUT2D eigenvalue weighted by molar-refractivity contribution is 5.99. The number of carbonyl (C=O) groups excluding carboxylic acids is 1. The summed E-state index contributed by atoms with van der Waals surface area (Å²) in [6, 6.07) is 5.68. The van der Waals surface area contributed by atoms with Crippen molar-refractivity contribution in [3.63, 3.8) is 0 Å². The Hall–Kier alpha value is -1.59. The minimum atomic E-state index is -0.825. The number of nitrogens with one attached hydrogen (secondary N) is 1. The van der Waals surface area contributed by atoms with Crippen LogP contribution in [-0.2, 0) is 9.53 Å². The van der Waals surface area contributed by atoms with E-state index in [-0.39, 0.29) is 11.8 Å². The Morgan fingerprint density at radius 2 is 2.14 bits per heavy atom. The molecule has 0 aromatic heterocycles. The van der Waals surface area contributed by atoms with Crippen molar-refractivity contribution in [3.05, 3.63) is 23.8 Å². The molecule has 0 saturated heterocycles. The van der Waals surface area contributed by atoms with Crippen molar-refractivity contribution >= 4 is 11.6 Å². The Bertz CT molecular complexity index is 510. The van der Waals surface area contributed by atoms with E-state index in [1.807, 2.05) is 25.1 Å². The smallest absolute Gasteiger partial charge is 0.244 e. The van der Waals surface area contributed by atoms with Gasteiger partial charge in [-0.2, -0.15) is 0 Å². The first-order valence-corrected chi connectivity index (χ1v) is 7.28. The number of ether oxygens (including phenoxy) is 2. The van der Waals surface area contributed by atoms with Crippen LogP contribution in [0.1, 0.15) is 25.3 Å². The highest BCUT2D eigenvalue weighted by atomic mass is 16.5. The standard InChI is InChI=1S/C16H24N2O3/c1-11-4-7-13(14(10-11)21-9-8-20-3)18-15(19)16(2,17)12-5-6-12/h4,7,10,12H,5-6,8-9,17H2,1-3H3,(H,18,19). The minimum absolute atomic E-state index is 0.162. The number of amides is 1. The first-order valence-electron chi connectivity index (χ1n) is 7.28. The maximum Gasteiger partial charge on any atom is 0.244 e. The molecule has 2 rings (SSSR count). The average molecular weight is 292 g/mol. The van der Waals surface area contributed by atoms with Crippen molar-refractivity contribution in [3.8, 4) is 5.75 Å². The maximum absolute atomic E-state index is 12.4. The number of hydrogen-bond donors (Lipinski definition) is 2. The third-order valence-corrected chi connectivity index (χ3v) is 3.85. The zero-order valence-corrected chi connectivity index (χ0v) is 12.9. The summed E-state index contributed by atoms with van der Waals surface area (Å²) in [5.41, 5.74) is 7.04. The molecule has 1 aromatic carbocycles. The molecule has 0 heterocycles. The van der Waals surface area contributed by atoms with Gasteiger partial charge in [0.25, 0.3) is 0 Å². The molecule has 1 unspecified atom stereocenters. The maximum atomic E-state index is 12.4. The Morgan fingerprint density at radius 3 is 2.76 bits per heavy atom. The van der Waals surface area contributed by atoms with Gasteiger partial charge < -0.3 is 20.5 Å². The lowest BCUT2D eigenvalue weighted by atomic mass is 9.96. The van der Waals surface area contributed by atoms with Gasteiger partial charge in [0, 0.05) is 7.11 Å². The number of nitrogens with two attached hydrogens (primary N) is 1. The molecule has 0 bridgehead atoms. The predicted octanol–water partition coefficient (Wildman–Crippen LogP) is 2.09. The van der Waals surface area contributed by atoms with Crippen LogP contribution in [0, 0.1) is 12.8 Å². The largest absolute Gasteiger partial charge is 0.489 e. The molecule has 1 saturated carbocycles. The van der Waals surface area contributed by atoms with Gasteiger partial charge in [-0.25, -0.2) is 0 Å². The predicted molar refractivity (Wildman–Crippen MR) is 82.5 cm³/mol. The van der Waals surface area contributed by atoms with Crippen molar-refractivity contribution in [2.24, 2.45) is 11.7 Å². The van der Waals surface area contributed by atoms with Crippen molar-refractivity contribution in [1.82, 2.24) is 0 Å². The third-order valence-electron chi connectivity index (χ3n) is 3.85. The van der Waals surface area contributed by atoms with Crippen LogP contribution in [0.25, 0.3) is 0 Å². The van der Waals surface area contributed by atoms with E-state index in [2.05, 4.69) is 5.32 Å². The number of hydrogen-bond acceptors (Lipinski definition) is 4. The summed E-state index contributed by atoms with van der Waals surface area (Å²) in [6.45, 7) is 4.70. The molecule has 1 aromatic rings. The Kier molecular flexibility index (Phi) is 4.85. The number of aryl methyl sites for hydroxylation is 1. The molecule has 1 amide bonds. The zero-order valence-electron chi connectivity index (χ0n) is 12.9. The van der Waals surface area contributed by atoms with Gasteiger partial charge in [0.1, 0.15) is 12.4 Å². The number of carbonyl (C=O) groups is 1. The van der Waals surface area contributed by atoms with Gasteiger partial charge in [-0.1, -0.05) is 6.07 Å². The molecule has 21 heavy (non-hydrogen) atoms. The number of rotatable bonds is 7. The fourth-order valence-electron chi connectivity index (χ4n) is 2.21. The van der Waals surface area contributed by atoms with E-state index in [4.69, 9.17) is 15.2 Å². The molecule has 3 N–H and O–H groups in total. The Balaban J connectivity index is 2.09. The molecule has 0 aliphatic heterocycles. The van der Waals surface area contributed by atoms with Gasteiger partial charge in [-0.15, -0.1) is 0 Å². The van der Waals surface area contributed by atoms with Crippen LogP contribution < -0.4 is 15.8 Å². The van der Waals surface area contributed by atoms with Gasteiger partial charge in [-0.05, 0) is 50.3 Å². The topological polar surface area (TPSA) is 73.6 Å². The van der Waals surface area contributed by atoms with Crippen molar-refractivity contribution in [1.29, 1.82) is 0 Å². The molecule has 5 nitrogen and oxygen atoms in total. The second-order valence-corrected chi connectivity index (χ2v) is 5.85. The normalized spacial score (nSPS) is 17.1. The number of anilines is 1. The van der Waals surface area contributed by atoms with Crippen LogP contribution in [0.15, 0.2) is 18.2 Å². The summed E-state index contributed by atoms with van der Waals surface area (Å²) >= 11 is 0. The van der Waals surface area contributed by atoms with Crippen LogP contribution in [-0.4, -0.2) is 31.8 Å². The van der Waals surface area contributed by atoms with E-state index in [1.54, 1.807) is 14.0 Å². The molecule has 5 heteroatoms. The molecular formula is C16H24N2O3. The lowest BCUT2D eigenvalue weighted by Crippen LogP contribution is -2.50. The first kappa shape index (κ1) is 15.8. The Labute approximate surface area is 125 Å². The van der Waals surface area contributed by atoms with Gasteiger partial charge in [-0.3, -0.25) is 4.79 Å². The molecule has 0 radical (unpaired) electrons. The van der Waals surface area contributed by atoms with E-state index in [9.17, 15) is 4.79 Å². The lowest BCUT2D eigenvalue weighted by molar-refractivity contribution is -0.121. The van der Waals surface area contributed by atoms with Crippen LogP contribution in [0.2, 0.25) is 0 Å². The van der Waals surface area contributed by atoms with Gasteiger partial charge in [0.2, 0.25) is 5.91 Å². The quantitative estimate of drug-likeness (QED) is 0.755. The molecule has 1 fully saturated rings. The second kappa shape index (κ2) is 6.45. The molecular weight excluding hydrogens is 268 g/mol. The summed E-state index contributed by atoms with van der Waals surface area (Å²) in [6.07, 6.45) is 2.04. The monoisotopic (exact) mass is 292 g/mol. The van der Waals surface area contributed by atoms with Crippen molar-refractivity contribution < 1.29 is 14.3 Å². The van der Waals surface area contributed by atoms with E-state index < -0.39 is 5.54 Å². The molecule has 1 aliphatic carbocycles. The molecule has 0 spiro atoms. The SMILES string of the molecule is COCCOc1cc(C)ccc1NC(=O)C(C)(N)C1CC1. The highest BCUT2D eigenvalue weighted by Crippen LogP contribution is 2.39. The number of benzene rings is 1. The summed E-state index contributed by atoms with van der Waals surface area (Å²) in [5.74, 6) is 0.762. The van der Waals surface area contributed by atoms with Crippen LogP contribution >= 0.6 is 0 Å². The second-order valence-electron chi connectivity index (χ2n) is 5.85. The van der Waals surface area contributed by atoms with Gasteiger partial charge in [0.15, 0.2) is 0 Å². The summed E-state index contributed by atoms with van der Waals surface area (Å²) in [7, 11) is 1.62. The third kappa shape index (κ3) is 3.95. The zero-order chi connectivity index (χ0) is 15.5. The van der Waals surface area contributed by atoms with E-state index in [0.29, 0.717) is 24.7 Å². The molecule has 1 atom stereocenters. The summed E-state index contributed by atoms with van der Waals surface area (Å²) in [5, 5.41) is 2.90.